The number of halogens is 1. The minimum absolute atomic E-state index is 0.137. The SMILES string of the molecule is O=C(CCCN1C(=O)c2cccc3cccc(c23)C1=O)NC1CCOc2c(Cl)cccc21. The van der Waals surface area contributed by atoms with E-state index in [1.54, 1.807) is 18.2 Å². The second-order valence-electron chi connectivity index (χ2n) is 7.99. The first-order valence-electron chi connectivity index (χ1n) is 10.6. The number of nitrogens with one attached hydrogen (secondary N) is 1. The van der Waals surface area contributed by atoms with Crippen LogP contribution in [0, 0.1) is 0 Å². The van der Waals surface area contributed by atoms with Gasteiger partial charge in [0.25, 0.3) is 11.8 Å². The lowest BCUT2D eigenvalue weighted by atomic mass is 9.94. The van der Waals surface area contributed by atoms with Crippen LogP contribution in [-0.4, -0.2) is 35.8 Å². The van der Waals surface area contributed by atoms with Crippen LogP contribution in [0.3, 0.4) is 0 Å². The van der Waals surface area contributed by atoms with Crippen molar-refractivity contribution in [3.05, 3.63) is 76.3 Å². The number of benzene rings is 3. The quantitative estimate of drug-likeness (QED) is 0.583. The molecule has 0 saturated carbocycles. The van der Waals surface area contributed by atoms with Crippen molar-refractivity contribution in [2.75, 3.05) is 13.2 Å². The number of amides is 3. The van der Waals surface area contributed by atoms with E-state index in [-0.39, 0.29) is 36.7 Å². The van der Waals surface area contributed by atoms with Crippen LogP contribution >= 0.6 is 11.6 Å². The van der Waals surface area contributed by atoms with E-state index in [9.17, 15) is 14.4 Å². The predicted octanol–water partition coefficient (Wildman–Crippen LogP) is 4.51. The lowest BCUT2D eigenvalue weighted by molar-refractivity contribution is -0.122. The van der Waals surface area contributed by atoms with Gasteiger partial charge in [0, 0.05) is 41.5 Å². The van der Waals surface area contributed by atoms with Gasteiger partial charge in [0.1, 0.15) is 5.75 Å². The Labute approximate surface area is 190 Å². The Morgan fingerprint density at radius 2 is 1.72 bits per heavy atom. The first-order chi connectivity index (χ1) is 15.5. The van der Waals surface area contributed by atoms with Crippen molar-refractivity contribution in [1.29, 1.82) is 0 Å². The Kier molecular flexibility index (Phi) is 5.31. The molecule has 0 aromatic heterocycles. The smallest absolute Gasteiger partial charge is 0.261 e. The number of hydrogen-bond donors (Lipinski definition) is 1. The molecule has 2 aliphatic heterocycles. The molecule has 0 aliphatic carbocycles. The maximum absolute atomic E-state index is 13.0. The first kappa shape index (κ1) is 20.5. The lowest BCUT2D eigenvalue weighted by Crippen LogP contribution is -2.41. The molecule has 162 valence electrons. The van der Waals surface area contributed by atoms with Crippen LogP contribution in [0.5, 0.6) is 5.75 Å². The average Bonchev–Trinajstić information content (AvgIpc) is 2.80. The molecule has 2 aliphatic rings. The maximum Gasteiger partial charge on any atom is 0.261 e. The summed E-state index contributed by atoms with van der Waals surface area (Å²) < 4.78 is 5.64. The zero-order chi connectivity index (χ0) is 22.2. The van der Waals surface area contributed by atoms with Crippen LogP contribution < -0.4 is 10.1 Å². The zero-order valence-electron chi connectivity index (χ0n) is 17.3. The van der Waals surface area contributed by atoms with E-state index in [1.807, 2.05) is 36.4 Å². The molecule has 7 heteroatoms. The Balaban J connectivity index is 1.24. The summed E-state index contributed by atoms with van der Waals surface area (Å²) in [6.45, 7) is 0.662. The van der Waals surface area contributed by atoms with Crippen molar-refractivity contribution in [1.82, 2.24) is 10.2 Å². The normalized spacial score (nSPS) is 17.2. The number of carbonyl (C=O) groups is 3. The average molecular weight is 449 g/mol. The van der Waals surface area contributed by atoms with Crippen LogP contribution in [0.1, 0.15) is 51.6 Å². The van der Waals surface area contributed by atoms with Gasteiger partial charge < -0.3 is 10.1 Å². The third kappa shape index (κ3) is 3.50. The summed E-state index contributed by atoms with van der Waals surface area (Å²) in [6, 6.07) is 16.2. The third-order valence-corrected chi connectivity index (χ3v) is 6.30. The Bertz CT molecular complexity index is 1210. The third-order valence-electron chi connectivity index (χ3n) is 6.00. The zero-order valence-corrected chi connectivity index (χ0v) is 18.0. The molecule has 1 atom stereocenters. The largest absolute Gasteiger partial charge is 0.492 e. The summed E-state index contributed by atoms with van der Waals surface area (Å²) in [5.74, 6) is -0.147. The molecule has 1 unspecified atom stereocenters. The van der Waals surface area contributed by atoms with Crippen LogP contribution in [0.15, 0.2) is 54.6 Å². The molecule has 3 amide bonds. The first-order valence-corrected chi connectivity index (χ1v) is 11.0. The summed E-state index contributed by atoms with van der Waals surface area (Å²) in [6.07, 6.45) is 1.24. The molecule has 0 spiro atoms. The summed E-state index contributed by atoms with van der Waals surface area (Å²) in [5.41, 5.74) is 1.92. The van der Waals surface area contributed by atoms with Gasteiger partial charge in [-0.2, -0.15) is 0 Å². The van der Waals surface area contributed by atoms with Crippen molar-refractivity contribution in [3.8, 4) is 5.75 Å². The van der Waals surface area contributed by atoms with Crippen molar-refractivity contribution in [2.45, 2.75) is 25.3 Å². The highest BCUT2D eigenvalue weighted by Crippen LogP contribution is 2.37. The Morgan fingerprint density at radius 1 is 1.03 bits per heavy atom. The van der Waals surface area contributed by atoms with Crippen LogP contribution in [0.2, 0.25) is 5.02 Å². The van der Waals surface area contributed by atoms with Gasteiger partial charge in [0.05, 0.1) is 17.7 Å². The highest BCUT2D eigenvalue weighted by Gasteiger charge is 2.32. The van der Waals surface area contributed by atoms with Gasteiger partial charge in [-0.05, 0) is 30.0 Å². The number of nitrogens with zero attached hydrogens (tertiary/aromatic N) is 1. The standard InChI is InChI=1S/C25H21ClN2O4/c26-19-10-3-7-16-20(12-14-32-23(16)19)27-21(29)11-4-13-28-24(30)17-8-1-5-15-6-2-9-18(22(15)17)25(28)31/h1-3,5-10,20H,4,11-14H2,(H,27,29). The highest BCUT2D eigenvalue weighted by atomic mass is 35.5. The topological polar surface area (TPSA) is 75.7 Å². The van der Waals surface area contributed by atoms with Gasteiger partial charge in [-0.15, -0.1) is 0 Å². The summed E-state index contributed by atoms with van der Waals surface area (Å²) in [7, 11) is 0. The van der Waals surface area contributed by atoms with Gasteiger partial charge in [-0.25, -0.2) is 0 Å². The molecule has 0 saturated heterocycles. The highest BCUT2D eigenvalue weighted by molar-refractivity contribution is 6.32. The fourth-order valence-electron chi connectivity index (χ4n) is 4.48. The molecule has 32 heavy (non-hydrogen) atoms. The van der Waals surface area contributed by atoms with Crippen LogP contribution in [0.4, 0.5) is 0 Å². The molecule has 3 aromatic carbocycles. The van der Waals surface area contributed by atoms with E-state index < -0.39 is 0 Å². The summed E-state index contributed by atoms with van der Waals surface area (Å²) >= 11 is 6.20. The Morgan fingerprint density at radius 3 is 2.44 bits per heavy atom. The van der Waals surface area contributed by atoms with Crippen LogP contribution in [-0.2, 0) is 4.79 Å². The minimum atomic E-state index is -0.312. The number of imide groups is 1. The van der Waals surface area contributed by atoms with E-state index in [4.69, 9.17) is 16.3 Å². The van der Waals surface area contributed by atoms with Gasteiger partial charge >= 0.3 is 0 Å². The van der Waals surface area contributed by atoms with Crippen molar-refractivity contribution in [3.63, 3.8) is 0 Å². The summed E-state index contributed by atoms with van der Waals surface area (Å²) in [4.78, 5) is 39.7. The van der Waals surface area contributed by atoms with Crippen LogP contribution in [0.25, 0.3) is 10.8 Å². The van der Waals surface area contributed by atoms with E-state index in [0.717, 1.165) is 10.9 Å². The summed E-state index contributed by atoms with van der Waals surface area (Å²) in [5, 5.41) is 5.13. The molecule has 1 N–H and O–H groups in total. The lowest BCUT2D eigenvalue weighted by Gasteiger charge is -2.28. The van der Waals surface area contributed by atoms with Gasteiger partial charge in [-0.1, -0.05) is 48.0 Å². The second-order valence-corrected chi connectivity index (χ2v) is 8.40. The number of ether oxygens (including phenoxy) is 1. The number of fused-ring (bicyclic) bond motifs is 1. The van der Waals surface area contributed by atoms with Crippen molar-refractivity contribution >= 4 is 40.1 Å². The molecule has 0 bridgehead atoms. The van der Waals surface area contributed by atoms with E-state index in [1.165, 1.54) is 4.90 Å². The fraction of sp³-hybridized carbons (Fsp3) is 0.240. The molecule has 0 fully saturated rings. The van der Waals surface area contributed by atoms with E-state index in [0.29, 0.717) is 46.7 Å². The molecule has 6 nitrogen and oxygen atoms in total. The fourth-order valence-corrected chi connectivity index (χ4v) is 4.72. The number of hydrogen-bond acceptors (Lipinski definition) is 4. The van der Waals surface area contributed by atoms with Gasteiger partial charge in [0.15, 0.2) is 0 Å². The number of carbonyl (C=O) groups excluding carboxylic acids is 3. The van der Waals surface area contributed by atoms with E-state index in [2.05, 4.69) is 5.32 Å². The molecule has 2 heterocycles. The predicted molar refractivity (Wildman–Crippen MR) is 121 cm³/mol. The molecular formula is C25H21ClN2O4. The number of para-hydroxylation sites is 1. The molecular weight excluding hydrogens is 428 g/mol. The van der Waals surface area contributed by atoms with Crippen molar-refractivity contribution in [2.24, 2.45) is 0 Å². The van der Waals surface area contributed by atoms with Gasteiger partial charge in [-0.3, -0.25) is 19.3 Å². The van der Waals surface area contributed by atoms with Gasteiger partial charge in [0.2, 0.25) is 5.91 Å². The van der Waals surface area contributed by atoms with Crippen molar-refractivity contribution < 1.29 is 19.1 Å². The molecule has 0 radical (unpaired) electrons. The van der Waals surface area contributed by atoms with E-state index >= 15 is 0 Å². The Hall–Kier alpha value is -3.38. The molecule has 3 aromatic rings. The monoisotopic (exact) mass is 448 g/mol. The number of rotatable bonds is 5. The maximum atomic E-state index is 13.0. The molecule has 5 rings (SSSR count). The minimum Gasteiger partial charge on any atom is -0.492 e. The second kappa shape index (κ2) is 8.28.